The van der Waals surface area contributed by atoms with E-state index in [9.17, 15) is 5.11 Å². The highest BCUT2D eigenvalue weighted by molar-refractivity contribution is 5.81. The Morgan fingerprint density at radius 3 is 2.65 bits per heavy atom. The number of nitrogens with zero attached hydrogens (tertiary/aromatic N) is 5. The topological polar surface area (TPSA) is 67.1 Å². The molecule has 26 heavy (non-hydrogen) atoms. The normalized spacial score (nSPS) is 18.6. The molecule has 0 radical (unpaired) electrons. The molecule has 0 atom stereocenters. The largest absolute Gasteiger partial charge is 0.392 e. The molecule has 5 rings (SSSR count). The molecule has 1 aliphatic carbocycles. The summed E-state index contributed by atoms with van der Waals surface area (Å²) in [4.78, 5) is 7.16. The van der Waals surface area contributed by atoms with E-state index in [2.05, 4.69) is 25.7 Å². The maximum atomic E-state index is 9.83. The SMILES string of the molecule is OCc1cc2ccccc2nc1N1CCC(c2nncn2C2CC2)CC1. The van der Waals surface area contributed by atoms with E-state index in [0.29, 0.717) is 12.0 Å². The lowest BCUT2D eigenvalue weighted by Crippen LogP contribution is -2.35. The van der Waals surface area contributed by atoms with Crippen molar-refractivity contribution in [2.45, 2.75) is 44.2 Å². The van der Waals surface area contributed by atoms with E-state index >= 15 is 0 Å². The number of hydrogen-bond acceptors (Lipinski definition) is 5. The Morgan fingerprint density at radius 2 is 1.88 bits per heavy atom. The van der Waals surface area contributed by atoms with E-state index in [1.165, 1.54) is 12.8 Å². The molecule has 2 aliphatic rings. The number of piperidine rings is 1. The molecule has 1 aliphatic heterocycles. The first kappa shape index (κ1) is 15.8. The lowest BCUT2D eigenvalue weighted by atomic mass is 9.95. The van der Waals surface area contributed by atoms with Crippen LogP contribution in [0.25, 0.3) is 10.9 Å². The standard InChI is InChI=1S/C20H23N5O/c26-12-16-11-15-3-1-2-4-18(15)22-19(16)24-9-7-14(8-10-24)20-23-21-13-25(20)17-5-6-17/h1-4,11,13-14,17,26H,5-10,12H2. The van der Waals surface area contributed by atoms with Crippen molar-refractivity contribution in [3.8, 4) is 0 Å². The van der Waals surface area contributed by atoms with Gasteiger partial charge in [-0.2, -0.15) is 0 Å². The van der Waals surface area contributed by atoms with Gasteiger partial charge in [0.05, 0.1) is 12.1 Å². The summed E-state index contributed by atoms with van der Waals surface area (Å²) in [5.41, 5.74) is 1.89. The predicted octanol–water partition coefficient (Wildman–Crippen LogP) is 3.04. The van der Waals surface area contributed by atoms with Crippen LogP contribution in [0.4, 0.5) is 5.82 Å². The van der Waals surface area contributed by atoms with Crippen molar-refractivity contribution in [3.05, 3.63) is 48.0 Å². The van der Waals surface area contributed by atoms with Gasteiger partial charge in [0.15, 0.2) is 0 Å². The van der Waals surface area contributed by atoms with Gasteiger partial charge >= 0.3 is 0 Å². The Morgan fingerprint density at radius 1 is 1.08 bits per heavy atom. The molecular weight excluding hydrogens is 326 g/mol. The van der Waals surface area contributed by atoms with Gasteiger partial charge in [-0.1, -0.05) is 18.2 Å². The Balaban J connectivity index is 1.38. The van der Waals surface area contributed by atoms with Crippen LogP contribution in [0.1, 0.15) is 49.0 Å². The van der Waals surface area contributed by atoms with Crippen molar-refractivity contribution in [1.29, 1.82) is 0 Å². The second-order valence-corrected chi connectivity index (χ2v) is 7.41. The fourth-order valence-corrected chi connectivity index (χ4v) is 4.07. The van der Waals surface area contributed by atoms with Crippen LogP contribution >= 0.6 is 0 Å². The number of anilines is 1. The van der Waals surface area contributed by atoms with Crippen molar-refractivity contribution in [1.82, 2.24) is 19.7 Å². The first-order valence-corrected chi connectivity index (χ1v) is 9.47. The third-order valence-electron chi connectivity index (χ3n) is 5.65. The lowest BCUT2D eigenvalue weighted by molar-refractivity contribution is 0.281. The molecule has 0 unspecified atom stereocenters. The Kier molecular flexibility index (Phi) is 3.85. The van der Waals surface area contributed by atoms with Crippen LogP contribution in [0.2, 0.25) is 0 Å². The second-order valence-electron chi connectivity index (χ2n) is 7.41. The summed E-state index contributed by atoms with van der Waals surface area (Å²) in [7, 11) is 0. The zero-order chi connectivity index (χ0) is 17.5. The van der Waals surface area contributed by atoms with E-state index in [4.69, 9.17) is 4.98 Å². The van der Waals surface area contributed by atoms with Crippen molar-refractivity contribution < 1.29 is 5.11 Å². The third-order valence-corrected chi connectivity index (χ3v) is 5.65. The highest BCUT2D eigenvalue weighted by Crippen LogP contribution is 2.39. The Bertz CT molecular complexity index is 925. The highest BCUT2D eigenvalue weighted by Gasteiger charge is 2.31. The van der Waals surface area contributed by atoms with Crippen molar-refractivity contribution in [2.75, 3.05) is 18.0 Å². The fraction of sp³-hybridized carbons (Fsp3) is 0.450. The molecular formula is C20H23N5O. The van der Waals surface area contributed by atoms with Gasteiger partial charge in [0, 0.05) is 36.0 Å². The number of hydrogen-bond donors (Lipinski definition) is 1. The monoisotopic (exact) mass is 349 g/mol. The highest BCUT2D eigenvalue weighted by atomic mass is 16.3. The molecule has 1 aromatic carbocycles. The zero-order valence-electron chi connectivity index (χ0n) is 14.8. The zero-order valence-corrected chi connectivity index (χ0v) is 14.8. The molecule has 134 valence electrons. The fourth-order valence-electron chi connectivity index (χ4n) is 4.07. The number of aromatic nitrogens is 4. The van der Waals surface area contributed by atoms with Gasteiger partial charge in [-0.05, 0) is 37.8 Å². The summed E-state index contributed by atoms with van der Waals surface area (Å²) in [6.07, 6.45) is 6.50. The Labute approximate surface area is 152 Å². The number of rotatable bonds is 4. The van der Waals surface area contributed by atoms with E-state index in [1.807, 2.05) is 30.6 Å². The molecule has 1 saturated heterocycles. The van der Waals surface area contributed by atoms with Gasteiger partial charge in [-0.3, -0.25) is 0 Å². The molecule has 1 N–H and O–H groups in total. The Hall–Kier alpha value is -2.47. The maximum absolute atomic E-state index is 9.83. The quantitative estimate of drug-likeness (QED) is 0.784. The molecule has 3 heterocycles. The summed E-state index contributed by atoms with van der Waals surface area (Å²) in [5.74, 6) is 2.54. The van der Waals surface area contributed by atoms with Crippen LogP contribution in [-0.4, -0.2) is 37.9 Å². The van der Waals surface area contributed by atoms with Gasteiger partial charge < -0.3 is 14.6 Å². The molecule has 0 spiro atoms. The van der Waals surface area contributed by atoms with Crippen LogP contribution in [-0.2, 0) is 6.61 Å². The number of benzene rings is 1. The number of fused-ring (bicyclic) bond motifs is 1. The average Bonchev–Trinajstić information content (AvgIpc) is 3.43. The maximum Gasteiger partial charge on any atom is 0.136 e. The first-order valence-electron chi connectivity index (χ1n) is 9.47. The molecule has 2 fully saturated rings. The molecule has 1 saturated carbocycles. The van der Waals surface area contributed by atoms with Gasteiger partial charge in [0.2, 0.25) is 0 Å². The van der Waals surface area contributed by atoms with E-state index in [-0.39, 0.29) is 6.61 Å². The number of aliphatic hydroxyl groups excluding tert-OH is 1. The van der Waals surface area contributed by atoms with E-state index in [0.717, 1.165) is 54.0 Å². The third kappa shape index (κ3) is 2.74. The van der Waals surface area contributed by atoms with Gasteiger partial charge in [0.1, 0.15) is 18.0 Å². The smallest absolute Gasteiger partial charge is 0.136 e. The summed E-state index contributed by atoms with van der Waals surface area (Å²) in [5, 5.41) is 19.5. The molecule has 6 nitrogen and oxygen atoms in total. The first-order chi connectivity index (χ1) is 12.8. The minimum Gasteiger partial charge on any atom is -0.392 e. The van der Waals surface area contributed by atoms with Crippen molar-refractivity contribution in [2.24, 2.45) is 0 Å². The van der Waals surface area contributed by atoms with Crippen LogP contribution in [0.15, 0.2) is 36.7 Å². The molecule has 6 heteroatoms. The van der Waals surface area contributed by atoms with E-state index < -0.39 is 0 Å². The van der Waals surface area contributed by atoms with Crippen LogP contribution in [0, 0.1) is 0 Å². The number of aliphatic hydroxyl groups is 1. The molecule has 3 aromatic rings. The molecule has 2 aromatic heterocycles. The van der Waals surface area contributed by atoms with Crippen LogP contribution in [0.5, 0.6) is 0 Å². The van der Waals surface area contributed by atoms with Crippen molar-refractivity contribution >= 4 is 16.7 Å². The van der Waals surface area contributed by atoms with Gasteiger partial charge in [-0.25, -0.2) is 4.98 Å². The lowest BCUT2D eigenvalue weighted by Gasteiger charge is -2.33. The van der Waals surface area contributed by atoms with Gasteiger partial charge in [0.25, 0.3) is 0 Å². The number of para-hydroxylation sites is 1. The average molecular weight is 349 g/mol. The molecule has 0 bridgehead atoms. The summed E-state index contributed by atoms with van der Waals surface area (Å²) in [6.45, 7) is 1.88. The minimum absolute atomic E-state index is 0.0170. The minimum atomic E-state index is 0.0170. The summed E-state index contributed by atoms with van der Waals surface area (Å²) >= 11 is 0. The molecule has 0 amide bonds. The van der Waals surface area contributed by atoms with E-state index in [1.54, 1.807) is 0 Å². The summed E-state index contributed by atoms with van der Waals surface area (Å²) < 4.78 is 2.29. The predicted molar refractivity (Wildman–Crippen MR) is 100 cm³/mol. The number of pyridine rings is 1. The van der Waals surface area contributed by atoms with Crippen LogP contribution in [0.3, 0.4) is 0 Å². The summed E-state index contributed by atoms with van der Waals surface area (Å²) in [6, 6.07) is 10.8. The second kappa shape index (κ2) is 6.36. The van der Waals surface area contributed by atoms with Gasteiger partial charge in [-0.15, -0.1) is 10.2 Å². The van der Waals surface area contributed by atoms with Crippen molar-refractivity contribution in [3.63, 3.8) is 0 Å². The van der Waals surface area contributed by atoms with Crippen LogP contribution < -0.4 is 4.90 Å².